The number of carbonyl (C=O) groups excluding carboxylic acids is 1. The van der Waals surface area contributed by atoms with Gasteiger partial charge in [0.25, 0.3) is 5.89 Å². The fraction of sp³-hybridized carbons (Fsp3) is 0.481. The van der Waals surface area contributed by atoms with Gasteiger partial charge in [0.15, 0.2) is 0 Å². The van der Waals surface area contributed by atoms with E-state index in [0.29, 0.717) is 35.5 Å². The first-order valence-corrected chi connectivity index (χ1v) is 12.5. The minimum atomic E-state index is -0.903. The number of rotatable bonds is 10. The molecule has 0 aliphatic heterocycles. The summed E-state index contributed by atoms with van der Waals surface area (Å²) in [5, 5.41) is 25.5. The van der Waals surface area contributed by atoms with E-state index in [9.17, 15) is 9.90 Å². The fourth-order valence-corrected chi connectivity index (χ4v) is 4.76. The monoisotopic (exact) mass is 494 g/mol. The van der Waals surface area contributed by atoms with E-state index < -0.39 is 18.6 Å². The van der Waals surface area contributed by atoms with Crippen molar-refractivity contribution in [1.82, 2.24) is 20.4 Å². The lowest BCUT2D eigenvalue weighted by Crippen LogP contribution is -2.36. The Labute approximate surface area is 210 Å². The predicted molar refractivity (Wildman–Crippen MR) is 135 cm³/mol. The van der Waals surface area contributed by atoms with Crippen molar-refractivity contribution in [1.29, 1.82) is 0 Å². The zero-order chi connectivity index (χ0) is 25.7. The highest BCUT2D eigenvalue weighted by Gasteiger charge is 2.21. The van der Waals surface area contributed by atoms with Crippen molar-refractivity contribution in [2.24, 2.45) is 0 Å². The Bertz CT molecular complexity index is 1200. The van der Waals surface area contributed by atoms with E-state index in [2.05, 4.69) is 27.4 Å². The van der Waals surface area contributed by atoms with Crippen LogP contribution in [0.2, 0.25) is 0 Å². The Morgan fingerprint density at radius 2 is 2.00 bits per heavy atom. The van der Waals surface area contributed by atoms with Gasteiger partial charge in [0.05, 0.1) is 0 Å². The van der Waals surface area contributed by atoms with Gasteiger partial charge in [-0.15, -0.1) is 0 Å². The van der Waals surface area contributed by atoms with E-state index in [1.54, 1.807) is 0 Å². The van der Waals surface area contributed by atoms with Crippen LogP contribution >= 0.6 is 0 Å². The van der Waals surface area contributed by atoms with Gasteiger partial charge in [-0.1, -0.05) is 24.9 Å². The molecule has 3 aromatic rings. The molecule has 1 saturated carbocycles. The number of aliphatic hydroxyl groups excluding tert-OH is 2. The summed E-state index contributed by atoms with van der Waals surface area (Å²) in [5.41, 5.74) is 5.81. The van der Waals surface area contributed by atoms with Crippen molar-refractivity contribution in [3.8, 4) is 28.7 Å². The molecule has 4 rings (SSSR count). The number of nitrogens with one attached hydrogen (secondary N) is 1. The minimum absolute atomic E-state index is 0.00123. The molecule has 0 bridgehead atoms. The topological polar surface area (TPSA) is 131 Å². The Balaban J connectivity index is 1.48. The third kappa shape index (κ3) is 5.91. The lowest BCUT2D eigenvalue weighted by molar-refractivity contribution is -0.124. The lowest BCUT2D eigenvalue weighted by atomic mass is 9.95. The predicted octanol–water partition coefficient (Wildman–Crippen LogP) is 3.48. The van der Waals surface area contributed by atoms with Crippen molar-refractivity contribution in [3.63, 3.8) is 0 Å². The van der Waals surface area contributed by atoms with Crippen LogP contribution < -0.4 is 10.1 Å². The number of benzene rings is 1. The number of pyridine rings is 1. The standard InChI is InChI=1S/C27H34N4O5/c1-4-18-11-20(9-17(3)25(18)35-15-21(33)12-29-24(34)14-32)26-30-27(36-31-26)23-10-16(2)22(13-28-23)19-7-5-6-8-19/h9-11,13,19,21,32-33H,4-8,12,14-15H2,1-3H3,(H,29,34)/t21-/m0/s1. The van der Waals surface area contributed by atoms with Gasteiger partial charge in [0.2, 0.25) is 11.7 Å². The van der Waals surface area contributed by atoms with E-state index in [-0.39, 0.29) is 13.2 Å². The van der Waals surface area contributed by atoms with Crippen LogP contribution in [0.15, 0.2) is 28.9 Å². The minimum Gasteiger partial charge on any atom is -0.490 e. The highest BCUT2D eigenvalue weighted by molar-refractivity contribution is 5.76. The van der Waals surface area contributed by atoms with Gasteiger partial charge >= 0.3 is 0 Å². The lowest BCUT2D eigenvalue weighted by Gasteiger charge is -2.17. The molecule has 2 heterocycles. The Kier molecular flexibility index (Phi) is 8.32. The summed E-state index contributed by atoms with van der Waals surface area (Å²) in [6.07, 6.45) is 6.78. The molecular formula is C27H34N4O5. The molecule has 0 spiro atoms. The number of aliphatic hydroxyl groups is 2. The number of ether oxygens (including phenoxy) is 1. The zero-order valence-electron chi connectivity index (χ0n) is 21.1. The Morgan fingerprint density at radius 3 is 2.69 bits per heavy atom. The molecule has 192 valence electrons. The van der Waals surface area contributed by atoms with Gasteiger partial charge in [-0.05, 0) is 79.5 Å². The number of hydrogen-bond donors (Lipinski definition) is 3. The van der Waals surface area contributed by atoms with Crippen LogP contribution in [0.25, 0.3) is 23.0 Å². The number of aryl methyl sites for hydroxylation is 3. The molecule has 1 amide bonds. The summed E-state index contributed by atoms with van der Waals surface area (Å²) in [6, 6.07) is 5.91. The largest absolute Gasteiger partial charge is 0.490 e. The summed E-state index contributed by atoms with van der Waals surface area (Å²) >= 11 is 0. The van der Waals surface area contributed by atoms with E-state index in [1.165, 1.54) is 36.8 Å². The quantitative estimate of drug-likeness (QED) is 0.390. The van der Waals surface area contributed by atoms with E-state index in [1.807, 2.05) is 38.2 Å². The van der Waals surface area contributed by atoms with Gasteiger partial charge in [-0.3, -0.25) is 9.78 Å². The molecule has 1 aliphatic carbocycles. The second-order valence-electron chi connectivity index (χ2n) is 9.39. The average molecular weight is 495 g/mol. The number of hydrogen-bond acceptors (Lipinski definition) is 8. The molecule has 3 N–H and O–H groups in total. The first kappa shape index (κ1) is 25.8. The fourth-order valence-electron chi connectivity index (χ4n) is 4.76. The summed E-state index contributed by atoms with van der Waals surface area (Å²) in [5.74, 6) is 1.59. The first-order valence-electron chi connectivity index (χ1n) is 12.5. The van der Waals surface area contributed by atoms with E-state index in [0.717, 1.165) is 16.7 Å². The highest BCUT2D eigenvalue weighted by atomic mass is 16.5. The van der Waals surface area contributed by atoms with Crippen molar-refractivity contribution < 1.29 is 24.3 Å². The van der Waals surface area contributed by atoms with E-state index in [4.69, 9.17) is 14.4 Å². The molecule has 2 aromatic heterocycles. The number of amides is 1. The first-order chi connectivity index (χ1) is 17.4. The van der Waals surface area contributed by atoms with Crippen LogP contribution in [-0.4, -0.2) is 57.1 Å². The molecular weight excluding hydrogens is 460 g/mol. The maximum atomic E-state index is 11.2. The third-order valence-electron chi connectivity index (χ3n) is 6.68. The summed E-state index contributed by atoms with van der Waals surface area (Å²) in [6.45, 7) is 5.44. The van der Waals surface area contributed by atoms with Crippen molar-refractivity contribution in [3.05, 3.63) is 46.6 Å². The highest BCUT2D eigenvalue weighted by Crippen LogP contribution is 2.36. The molecule has 1 atom stereocenters. The molecule has 36 heavy (non-hydrogen) atoms. The Morgan fingerprint density at radius 1 is 1.22 bits per heavy atom. The van der Waals surface area contributed by atoms with Gasteiger partial charge in [-0.2, -0.15) is 4.98 Å². The molecule has 0 saturated heterocycles. The Hall–Kier alpha value is -3.30. The van der Waals surface area contributed by atoms with Crippen LogP contribution in [0.4, 0.5) is 0 Å². The number of carbonyl (C=O) groups is 1. The number of nitrogens with zero attached hydrogens (tertiary/aromatic N) is 3. The van der Waals surface area contributed by atoms with E-state index >= 15 is 0 Å². The van der Waals surface area contributed by atoms with Crippen LogP contribution in [0.5, 0.6) is 5.75 Å². The second kappa shape index (κ2) is 11.6. The van der Waals surface area contributed by atoms with Crippen LogP contribution in [0, 0.1) is 13.8 Å². The molecule has 9 heteroatoms. The maximum Gasteiger partial charge on any atom is 0.276 e. The SMILES string of the molecule is CCc1cc(-c2noc(-c3cc(C)c(C4CCCC4)cn3)n2)cc(C)c1OC[C@@H](O)CNC(=O)CO. The van der Waals surface area contributed by atoms with Crippen molar-refractivity contribution in [2.45, 2.75) is 64.9 Å². The van der Waals surface area contributed by atoms with Crippen LogP contribution in [0.3, 0.4) is 0 Å². The molecule has 1 aliphatic rings. The summed E-state index contributed by atoms with van der Waals surface area (Å²) < 4.78 is 11.4. The van der Waals surface area contributed by atoms with Gasteiger partial charge in [-0.25, -0.2) is 0 Å². The van der Waals surface area contributed by atoms with Crippen LogP contribution in [0.1, 0.15) is 60.8 Å². The molecule has 0 radical (unpaired) electrons. The third-order valence-corrected chi connectivity index (χ3v) is 6.68. The molecule has 1 aromatic carbocycles. The number of aromatic nitrogens is 3. The van der Waals surface area contributed by atoms with Gasteiger partial charge in [0, 0.05) is 18.3 Å². The molecule has 1 fully saturated rings. The van der Waals surface area contributed by atoms with Crippen molar-refractivity contribution in [2.75, 3.05) is 19.8 Å². The normalized spacial score (nSPS) is 14.7. The molecule has 9 nitrogen and oxygen atoms in total. The molecule has 0 unspecified atom stereocenters. The maximum absolute atomic E-state index is 11.2. The summed E-state index contributed by atoms with van der Waals surface area (Å²) in [7, 11) is 0. The van der Waals surface area contributed by atoms with Gasteiger partial charge < -0.3 is 24.8 Å². The van der Waals surface area contributed by atoms with Gasteiger partial charge in [0.1, 0.15) is 30.8 Å². The second-order valence-corrected chi connectivity index (χ2v) is 9.39. The summed E-state index contributed by atoms with van der Waals surface area (Å²) in [4.78, 5) is 20.4. The van der Waals surface area contributed by atoms with Crippen LogP contribution in [-0.2, 0) is 11.2 Å². The van der Waals surface area contributed by atoms with Crippen molar-refractivity contribution >= 4 is 5.91 Å². The average Bonchev–Trinajstić information content (AvgIpc) is 3.59. The smallest absolute Gasteiger partial charge is 0.276 e. The zero-order valence-corrected chi connectivity index (χ0v) is 21.1.